The molecule has 8 heteroatoms. The highest BCUT2D eigenvalue weighted by Crippen LogP contribution is 2.35. The summed E-state index contributed by atoms with van der Waals surface area (Å²) in [7, 11) is 1.52. The van der Waals surface area contributed by atoms with Crippen LogP contribution < -0.4 is 10.1 Å². The molecule has 4 aromatic rings. The third-order valence-electron chi connectivity index (χ3n) is 4.15. The molecule has 0 atom stereocenters. The molecule has 0 fully saturated rings. The fourth-order valence-corrected chi connectivity index (χ4v) is 5.01. The van der Waals surface area contributed by atoms with Gasteiger partial charge in [-0.25, -0.2) is 9.37 Å². The number of carbonyl (C=O) groups excluding carboxylic acids is 1. The van der Waals surface area contributed by atoms with E-state index in [4.69, 9.17) is 9.47 Å². The summed E-state index contributed by atoms with van der Waals surface area (Å²) in [6.07, 6.45) is 0. The predicted octanol–water partition coefficient (Wildman–Crippen LogP) is 5.45. The van der Waals surface area contributed by atoms with E-state index in [-0.39, 0.29) is 18.3 Å². The minimum absolute atomic E-state index is 0.154. The molecule has 5 nitrogen and oxygen atoms in total. The van der Waals surface area contributed by atoms with Gasteiger partial charge in [0.25, 0.3) is 5.91 Å². The van der Waals surface area contributed by atoms with Crippen molar-refractivity contribution in [2.75, 3.05) is 19.0 Å². The Labute approximate surface area is 168 Å². The zero-order valence-electron chi connectivity index (χ0n) is 15.2. The van der Waals surface area contributed by atoms with E-state index < -0.39 is 0 Å². The Bertz CT molecular complexity index is 1170. The summed E-state index contributed by atoms with van der Waals surface area (Å²) in [6, 6.07) is 10.4. The molecule has 0 saturated carbocycles. The van der Waals surface area contributed by atoms with Crippen molar-refractivity contribution < 1.29 is 18.7 Å². The molecule has 1 N–H and O–H groups in total. The van der Waals surface area contributed by atoms with E-state index in [9.17, 15) is 9.18 Å². The standard InChI is InChI=1S/C20H17FN2O3S2/c1-3-26-11-7-8-14-16(9-11)28-20(22-14)23-19(24)18-12(10-25-2)17-13(21)5-4-6-15(17)27-18/h4-9H,3,10H2,1-2H3,(H,22,23,24). The van der Waals surface area contributed by atoms with Gasteiger partial charge in [0.2, 0.25) is 0 Å². The van der Waals surface area contributed by atoms with Crippen LogP contribution in [0.15, 0.2) is 36.4 Å². The van der Waals surface area contributed by atoms with Gasteiger partial charge in [0, 0.05) is 22.8 Å². The number of thiophene rings is 1. The van der Waals surface area contributed by atoms with Crippen molar-refractivity contribution in [3.05, 3.63) is 52.7 Å². The normalized spacial score (nSPS) is 11.2. The molecule has 0 aliphatic heterocycles. The highest BCUT2D eigenvalue weighted by molar-refractivity contribution is 7.23. The van der Waals surface area contributed by atoms with Gasteiger partial charge in [-0.2, -0.15) is 0 Å². The van der Waals surface area contributed by atoms with Gasteiger partial charge >= 0.3 is 0 Å². The van der Waals surface area contributed by atoms with E-state index >= 15 is 0 Å². The number of rotatable bonds is 6. The van der Waals surface area contributed by atoms with Crippen LogP contribution in [0.2, 0.25) is 0 Å². The minimum atomic E-state index is -0.358. The van der Waals surface area contributed by atoms with Crippen molar-refractivity contribution in [2.24, 2.45) is 0 Å². The number of anilines is 1. The van der Waals surface area contributed by atoms with Crippen molar-refractivity contribution >= 4 is 54.0 Å². The Balaban J connectivity index is 1.67. The summed E-state index contributed by atoms with van der Waals surface area (Å²) in [5, 5.41) is 3.76. The first-order valence-corrected chi connectivity index (χ1v) is 10.3. The first-order chi connectivity index (χ1) is 13.6. The fraction of sp³-hybridized carbons (Fsp3) is 0.200. The molecule has 1 amide bonds. The molecule has 0 spiro atoms. The van der Waals surface area contributed by atoms with E-state index in [1.165, 1.54) is 35.8 Å². The molecule has 0 unspecified atom stereocenters. The first kappa shape index (κ1) is 18.8. The van der Waals surface area contributed by atoms with Gasteiger partial charge < -0.3 is 9.47 Å². The molecule has 144 valence electrons. The predicted molar refractivity (Wildman–Crippen MR) is 111 cm³/mol. The number of carbonyl (C=O) groups is 1. The average molecular weight is 416 g/mol. The smallest absolute Gasteiger partial charge is 0.267 e. The van der Waals surface area contributed by atoms with Gasteiger partial charge in [0.05, 0.1) is 28.3 Å². The Hall–Kier alpha value is -2.55. The van der Waals surface area contributed by atoms with E-state index in [2.05, 4.69) is 10.3 Å². The number of ether oxygens (including phenoxy) is 2. The number of benzene rings is 2. The Kier molecular flexibility index (Phi) is 5.25. The minimum Gasteiger partial charge on any atom is -0.494 e. The Morgan fingerprint density at radius 2 is 2.07 bits per heavy atom. The number of nitrogens with one attached hydrogen (secondary N) is 1. The van der Waals surface area contributed by atoms with E-state index in [1.54, 1.807) is 12.1 Å². The van der Waals surface area contributed by atoms with Crippen LogP contribution >= 0.6 is 22.7 Å². The summed E-state index contributed by atoms with van der Waals surface area (Å²) >= 11 is 2.61. The van der Waals surface area contributed by atoms with Crippen molar-refractivity contribution in [1.82, 2.24) is 4.98 Å². The van der Waals surface area contributed by atoms with Crippen LogP contribution in [0.25, 0.3) is 20.3 Å². The van der Waals surface area contributed by atoms with Crippen molar-refractivity contribution in [1.29, 1.82) is 0 Å². The maximum Gasteiger partial charge on any atom is 0.267 e. The van der Waals surface area contributed by atoms with Crippen LogP contribution in [0, 0.1) is 5.82 Å². The van der Waals surface area contributed by atoms with Gasteiger partial charge in [0.1, 0.15) is 11.6 Å². The van der Waals surface area contributed by atoms with Gasteiger partial charge in [-0.1, -0.05) is 17.4 Å². The maximum atomic E-state index is 14.3. The Morgan fingerprint density at radius 1 is 1.21 bits per heavy atom. The Morgan fingerprint density at radius 3 is 2.86 bits per heavy atom. The summed E-state index contributed by atoms with van der Waals surface area (Å²) in [5.41, 5.74) is 1.33. The number of halogens is 1. The summed E-state index contributed by atoms with van der Waals surface area (Å²) in [6.45, 7) is 2.66. The summed E-state index contributed by atoms with van der Waals surface area (Å²) in [5.74, 6) is 0.0823. The second kappa shape index (κ2) is 7.83. The number of fused-ring (bicyclic) bond motifs is 2. The highest BCUT2D eigenvalue weighted by Gasteiger charge is 2.21. The van der Waals surface area contributed by atoms with Crippen LogP contribution in [0.1, 0.15) is 22.2 Å². The van der Waals surface area contributed by atoms with Crippen LogP contribution in [0.5, 0.6) is 5.75 Å². The van der Waals surface area contributed by atoms with Crippen LogP contribution in [-0.2, 0) is 11.3 Å². The van der Waals surface area contributed by atoms with Crippen LogP contribution in [0.4, 0.5) is 9.52 Å². The molecule has 28 heavy (non-hydrogen) atoms. The monoisotopic (exact) mass is 416 g/mol. The third-order valence-corrected chi connectivity index (χ3v) is 6.28. The van der Waals surface area contributed by atoms with E-state index in [0.29, 0.717) is 32.3 Å². The molecular weight excluding hydrogens is 399 g/mol. The zero-order chi connectivity index (χ0) is 19.7. The van der Waals surface area contributed by atoms with Crippen LogP contribution in [0.3, 0.4) is 0 Å². The molecule has 2 heterocycles. The van der Waals surface area contributed by atoms with Gasteiger partial charge in [-0.05, 0) is 37.3 Å². The molecule has 0 radical (unpaired) electrons. The first-order valence-electron chi connectivity index (χ1n) is 8.64. The lowest BCUT2D eigenvalue weighted by atomic mass is 10.1. The lowest BCUT2D eigenvalue weighted by Crippen LogP contribution is -2.12. The van der Waals surface area contributed by atoms with Gasteiger partial charge in [-0.3, -0.25) is 10.1 Å². The topological polar surface area (TPSA) is 60.5 Å². The van der Waals surface area contributed by atoms with Crippen molar-refractivity contribution in [3.63, 3.8) is 0 Å². The lowest BCUT2D eigenvalue weighted by molar-refractivity contribution is 0.102. The molecule has 0 aliphatic carbocycles. The number of nitrogens with zero attached hydrogens (tertiary/aromatic N) is 1. The molecule has 4 rings (SSSR count). The SMILES string of the molecule is CCOc1ccc2nc(NC(=O)c3sc4cccc(F)c4c3COC)sc2c1. The number of aromatic nitrogens is 1. The van der Waals surface area contributed by atoms with Crippen LogP contribution in [-0.4, -0.2) is 24.6 Å². The summed E-state index contributed by atoms with van der Waals surface area (Å²) in [4.78, 5) is 17.8. The highest BCUT2D eigenvalue weighted by atomic mass is 32.1. The largest absolute Gasteiger partial charge is 0.494 e. The van der Waals surface area contributed by atoms with Gasteiger partial charge in [-0.15, -0.1) is 11.3 Å². The fourth-order valence-electron chi connectivity index (χ4n) is 3.00. The molecule has 0 bridgehead atoms. The molecule has 2 aromatic carbocycles. The van der Waals surface area contributed by atoms with E-state index in [0.717, 1.165) is 16.0 Å². The maximum absolute atomic E-state index is 14.3. The quantitative estimate of drug-likeness (QED) is 0.454. The second-order valence-corrected chi connectivity index (χ2v) is 8.07. The van der Waals surface area contributed by atoms with Gasteiger partial charge in [0.15, 0.2) is 5.13 Å². The third kappa shape index (κ3) is 3.46. The zero-order valence-corrected chi connectivity index (χ0v) is 16.9. The average Bonchev–Trinajstić information content (AvgIpc) is 3.24. The molecular formula is C20H17FN2O3S2. The number of hydrogen-bond donors (Lipinski definition) is 1. The second-order valence-electron chi connectivity index (χ2n) is 5.99. The molecule has 0 aliphatic rings. The number of thiazole rings is 1. The number of amides is 1. The number of methoxy groups -OCH3 is 1. The molecule has 0 saturated heterocycles. The van der Waals surface area contributed by atoms with E-state index in [1.807, 2.05) is 25.1 Å². The lowest BCUT2D eigenvalue weighted by Gasteiger charge is -2.04. The molecule has 2 aromatic heterocycles. The summed E-state index contributed by atoms with van der Waals surface area (Å²) < 4.78 is 26.7. The van der Waals surface area contributed by atoms with Crippen molar-refractivity contribution in [3.8, 4) is 5.75 Å². The van der Waals surface area contributed by atoms with Crippen molar-refractivity contribution in [2.45, 2.75) is 13.5 Å². The number of hydrogen-bond acceptors (Lipinski definition) is 6.